The number of aryl methyl sites for hydroxylation is 1. The number of aromatic nitrogens is 2. The van der Waals surface area contributed by atoms with E-state index in [9.17, 15) is 17.6 Å². The first-order chi connectivity index (χ1) is 15.1. The van der Waals surface area contributed by atoms with Gasteiger partial charge in [-0.3, -0.25) is 9.48 Å². The molecule has 3 aromatic rings. The maximum atomic E-state index is 13.4. The second kappa shape index (κ2) is 8.62. The molecule has 1 aliphatic heterocycles. The van der Waals surface area contributed by atoms with Gasteiger partial charge in [0.05, 0.1) is 11.2 Å². The molecule has 0 saturated carbocycles. The standard InChI is InChI=1S/C21H21ClFN5O3S/c1-27-12-15(11-24-27)13-4-3-5-14(8-13)19-10-20(28(2)32(30,31)26-19)21(29)25-16-6-7-18(23)17(22)9-16/h3-9,11-12,19-20,26H,10H2,1-2H3,(H,25,29)/t19-,20+/m0/s1. The van der Waals surface area contributed by atoms with Gasteiger partial charge in [-0.2, -0.15) is 22.5 Å². The molecule has 2 N–H and O–H groups in total. The fourth-order valence-electron chi connectivity index (χ4n) is 3.63. The van der Waals surface area contributed by atoms with Crippen molar-refractivity contribution in [3.8, 4) is 11.1 Å². The van der Waals surface area contributed by atoms with Crippen LogP contribution in [0.1, 0.15) is 18.0 Å². The smallest absolute Gasteiger partial charge is 0.280 e. The number of likely N-dealkylation sites (N-methyl/N-ethyl adjacent to an activating group) is 1. The molecule has 4 rings (SSSR count). The van der Waals surface area contributed by atoms with E-state index in [0.29, 0.717) is 0 Å². The number of amides is 1. The average Bonchev–Trinajstić information content (AvgIpc) is 3.19. The highest BCUT2D eigenvalue weighted by Gasteiger charge is 2.40. The van der Waals surface area contributed by atoms with E-state index in [0.717, 1.165) is 27.1 Å². The Kier molecular flexibility index (Phi) is 6.04. The third kappa shape index (κ3) is 4.53. The van der Waals surface area contributed by atoms with Gasteiger partial charge in [-0.15, -0.1) is 0 Å². The van der Waals surface area contributed by atoms with E-state index in [-0.39, 0.29) is 17.1 Å². The van der Waals surface area contributed by atoms with E-state index in [2.05, 4.69) is 15.1 Å². The van der Waals surface area contributed by atoms with E-state index in [4.69, 9.17) is 11.6 Å². The molecular weight excluding hydrogens is 457 g/mol. The van der Waals surface area contributed by atoms with Crippen LogP contribution >= 0.6 is 11.6 Å². The van der Waals surface area contributed by atoms with Crippen LogP contribution < -0.4 is 10.0 Å². The first kappa shape index (κ1) is 22.4. The highest BCUT2D eigenvalue weighted by atomic mass is 35.5. The fourth-order valence-corrected chi connectivity index (χ4v) is 5.09. The monoisotopic (exact) mass is 477 g/mol. The van der Waals surface area contributed by atoms with Crippen molar-refractivity contribution in [2.45, 2.75) is 18.5 Å². The highest BCUT2D eigenvalue weighted by Crippen LogP contribution is 2.31. The number of carbonyl (C=O) groups is 1. The Labute approximate surface area is 190 Å². The Bertz CT molecular complexity index is 1280. The number of rotatable bonds is 4. The molecule has 2 aromatic carbocycles. The molecule has 1 fully saturated rings. The number of nitrogens with zero attached hydrogens (tertiary/aromatic N) is 3. The molecule has 32 heavy (non-hydrogen) atoms. The van der Waals surface area contributed by atoms with Gasteiger partial charge in [0.1, 0.15) is 11.9 Å². The van der Waals surface area contributed by atoms with Gasteiger partial charge >= 0.3 is 0 Å². The van der Waals surface area contributed by atoms with Crippen molar-refractivity contribution in [1.29, 1.82) is 0 Å². The van der Waals surface area contributed by atoms with Gasteiger partial charge in [-0.1, -0.05) is 29.8 Å². The van der Waals surface area contributed by atoms with E-state index < -0.39 is 34.0 Å². The van der Waals surface area contributed by atoms with Crippen molar-refractivity contribution >= 4 is 33.4 Å². The molecule has 0 bridgehead atoms. The Morgan fingerprint density at radius 2 is 2.00 bits per heavy atom. The minimum Gasteiger partial charge on any atom is -0.325 e. The predicted octanol–water partition coefficient (Wildman–Crippen LogP) is 3.10. The maximum Gasteiger partial charge on any atom is 0.280 e. The summed E-state index contributed by atoms with van der Waals surface area (Å²) >= 11 is 5.78. The van der Waals surface area contributed by atoms with Crippen LogP contribution in [0.15, 0.2) is 54.9 Å². The van der Waals surface area contributed by atoms with Crippen molar-refractivity contribution in [2.75, 3.05) is 12.4 Å². The molecule has 1 aliphatic rings. The lowest BCUT2D eigenvalue weighted by molar-refractivity contribution is -0.120. The zero-order valence-corrected chi connectivity index (χ0v) is 18.9. The summed E-state index contributed by atoms with van der Waals surface area (Å²) in [4.78, 5) is 12.9. The van der Waals surface area contributed by atoms with Gasteiger partial charge < -0.3 is 5.32 Å². The molecule has 0 unspecified atom stereocenters. The lowest BCUT2D eigenvalue weighted by Gasteiger charge is -2.36. The Morgan fingerprint density at radius 1 is 1.22 bits per heavy atom. The Hall–Kier alpha value is -2.79. The zero-order valence-electron chi connectivity index (χ0n) is 17.3. The highest BCUT2D eigenvalue weighted by molar-refractivity contribution is 7.87. The molecule has 0 spiro atoms. The number of benzene rings is 2. The molecule has 1 aromatic heterocycles. The zero-order chi connectivity index (χ0) is 23.0. The molecule has 1 saturated heterocycles. The number of halogens is 2. The summed E-state index contributed by atoms with van der Waals surface area (Å²) in [7, 11) is -0.758. The SMILES string of the molecule is CN1[C@@H](C(=O)Nc2ccc(F)c(Cl)c2)C[C@@H](c2cccc(-c3cnn(C)c3)c2)NS1(=O)=O. The molecule has 8 nitrogen and oxygen atoms in total. The average molecular weight is 478 g/mol. The van der Waals surface area contributed by atoms with Crippen molar-refractivity contribution in [1.82, 2.24) is 18.8 Å². The fraction of sp³-hybridized carbons (Fsp3) is 0.238. The molecule has 0 aliphatic carbocycles. The first-order valence-electron chi connectivity index (χ1n) is 9.74. The summed E-state index contributed by atoms with van der Waals surface area (Å²) in [5.41, 5.74) is 2.79. The number of nitrogens with one attached hydrogen (secondary N) is 2. The quantitative estimate of drug-likeness (QED) is 0.603. The van der Waals surface area contributed by atoms with Crippen LogP contribution in [0.2, 0.25) is 5.02 Å². The van der Waals surface area contributed by atoms with Crippen molar-refractivity contribution in [3.05, 3.63) is 71.3 Å². The largest absolute Gasteiger partial charge is 0.325 e. The summed E-state index contributed by atoms with van der Waals surface area (Å²) in [6, 6.07) is 9.62. The molecule has 168 valence electrons. The topological polar surface area (TPSA) is 96.3 Å². The molecule has 2 heterocycles. The van der Waals surface area contributed by atoms with Gasteiger partial charge in [0, 0.05) is 37.6 Å². The van der Waals surface area contributed by atoms with Gasteiger partial charge in [0.15, 0.2) is 0 Å². The molecule has 2 atom stereocenters. The molecular formula is C21H21ClFN5O3S. The summed E-state index contributed by atoms with van der Waals surface area (Å²) in [6.07, 6.45) is 3.79. The third-order valence-corrected chi connectivity index (χ3v) is 7.27. The summed E-state index contributed by atoms with van der Waals surface area (Å²) in [6.45, 7) is 0. The van der Waals surface area contributed by atoms with Crippen LogP contribution in [0.4, 0.5) is 10.1 Å². The van der Waals surface area contributed by atoms with Crippen molar-refractivity contribution < 1.29 is 17.6 Å². The summed E-state index contributed by atoms with van der Waals surface area (Å²) < 4.78 is 44.2. The lowest BCUT2D eigenvalue weighted by atomic mass is 9.96. The van der Waals surface area contributed by atoms with Gasteiger partial charge in [-0.25, -0.2) is 4.39 Å². The van der Waals surface area contributed by atoms with Crippen LogP contribution in [0, 0.1) is 5.82 Å². The van der Waals surface area contributed by atoms with Crippen LogP contribution in [0.3, 0.4) is 0 Å². The molecule has 11 heteroatoms. The number of anilines is 1. The first-order valence-corrected chi connectivity index (χ1v) is 11.6. The molecule has 0 radical (unpaired) electrons. The van der Waals surface area contributed by atoms with Crippen LogP contribution in [-0.4, -0.2) is 41.5 Å². The van der Waals surface area contributed by atoms with Crippen LogP contribution in [0.25, 0.3) is 11.1 Å². The van der Waals surface area contributed by atoms with Crippen molar-refractivity contribution in [2.24, 2.45) is 7.05 Å². The number of hydrogen-bond donors (Lipinski definition) is 2. The Balaban J connectivity index is 1.60. The van der Waals surface area contributed by atoms with Gasteiger partial charge in [-0.05, 0) is 41.8 Å². The predicted molar refractivity (Wildman–Crippen MR) is 120 cm³/mol. The summed E-state index contributed by atoms with van der Waals surface area (Å²) in [5, 5.41) is 6.65. The van der Waals surface area contributed by atoms with Gasteiger partial charge in [0.2, 0.25) is 5.91 Å². The van der Waals surface area contributed by atoms with E-state index in [1.807, 2.05) is 37.5 Å². The summed E-state index contributed by atoms with van der Waals surface area (Å²) in [5.74, 6) is -1.14. The normalized spacial score (nSPS) is 20.8. The van der Waals surface area contributed by atoms with E-state index in [1.54, 1.807) is 10.9 Å². The lowest BCUT2D eigenvalue weighted by Crippen LogP contribution is -2.55. The second-order valence-corrected chi connectivity index (χ2v) is 9.76. The number of carbonyl (C=O) groups excluding carboxylic acids is 1. The van der Waals surface area contributed by atoms with Gasteiger partial charge in [0.25, 0.3) is 10.2 Å². The maximum absolute atomic E-state index is 13.4. The van der Waals surface area contributed by atoms with Crippen LogP contribution in [0.5, 0.6) is 0 Å². The second-order valence-electron chi connectivity index (χ2n) is 7.59. The van der Waals surface area contributed by atoms with E-state index in [1.165, 1.54) is 19.2 Å². The Morgan fingerprint density at radius 3 is 2.69 bits per heavy atom. The minimum absolute atomic E-state index is 0.140. The third-order valence-electron chi connectivity index (χ3n) is 5.39. The minimum atomic E-state index is -3.91. The molecule has 1 amide bonds. The van der Waals surface area contributed by atoms with Crippen LogP contribution in [-0.2, 0) is 22.1 Å². The number of hydrogen-bond acceptors (Lipinski definition) is 4. The van der Waals surface area contributed by atoms with E-state index >= 15 is 0 Å². The van der Waals surface area contributed by atoms with Crippen molar-refractivity contribution in [3.63, 3.8) is 0 Å².